The van der Waals surface area contributed by atoms with Crippen molar-refractivity contribution in [2.45, 2.75) is 63.8 Å². The van der Waals surface area contributed by atoms with Crippen LogP contribution in [0.1, 0.15) is 68.1 Å². The van der Waals surface area contributed by atoms with Gasteiger partial charge in [0.2, 0.25) is 0 Å². The van der Waals surface area contributed by atoms with Crippen molar-refractivity contribution < 1.29 is 4.79 Å². The third-order valence-electron chi connectivity index (χ3n) is 5.57. The van der Waals surface area contributed by atoms with E-state index >= 15 is 0 Å². The summed E-state index contributed by atoms with van der Waals surface area (Å²) in [6.45, 7) is 0. The molecule has 0 bridgehead atoms. The van der Waals surface area contributed by atoms with E-state index in [4.69, 9.17) is 23.2 Å². The molecule has 1 amide bonds. The molecule has 2 unspecified atom stereocenters. The summed E-state index contributed by atoms with van der Waals surface area (Å²) in [4.78, 5) is 12.6. The molecule has 2 aliphatic carbocycles. The second-order valence-electron chi connectivity index (χ2n) is 7.05. The quantitative estimate of drug-likeness (QED) is 0.723. The molecule has 0 heterocycles. The zero-order valence-corrected chi connectivity index (χ0v) is 15.0. The van der Waals surface area contributed by atoms with Crippen LogP contribution in [-0.2, 0) is 0 Å². The Hall–Kier alpha value is -0.730. The Labute approximate surface area is 148 Å². The summed E-state index contributed by atoms with van der Waals surface area (Å²) < 4.78 is 0. The minimum Gasteiger partial charge on any atom is -0.349 e. The van der Waals surface area contributed by atoms with Gasteiger partial charge in [-0.3, -0.25) is 4.79 Å². The Bertz CT molecular complexity index is 554. The first kappa shape index (κ1) is 17.1. The van der Waals surface area contributed by atoms with Crippen LogP contribution in [0.5, 0.6) is 0 Å². The van der Waals surface area contributed by atoms with Crippen molar-refractivity contribution >= 4 is 29.1 Å². The van der Waals surface area contributed by atoms with Gasteiger partial charge in [0.15, 0.2) is 0 Å². The first-order valence-corrected chi connectivity index (χ1v) is 9.66. The highest BCUT2D eigenvalue weighted by Gasteiger charge is 2.33. The molecule has 0 spiro atoms. The number of halogens is 2. The average Bonchev–Trinajstić information content (AvgIpc) is 2.56. The molecule has 1 aromatic rings. The minimum atomic E-state index is -0.0561. The highest BCUT2D eigenvalue weighted by atomic mass is 35.5. The van der Waals surface area contributed by atoms with Crippen LogP contribution in [0.2, 0.25) is 10.0 Å². The van der Waals surface area contributed by atoms with E-state index in [1.807, 2.05) is 0 Å². The molecule has 2 aliphatic rings. The van der Waals surface area contributed by atoms with Crippen LogP contribution in [0.4, 0.5) is 0 Å². The van der Waals surface area contributed by atoms with Crippen molar-refractivity contribution in [2.24, 2.45) is 11.8 Å². The molecule has 3 rings (SSSR count). The van der Waals surface area contributed by atoms with Gasteiger partial charge in [0.05, 0.1) is 10.6 Å². The summed E-state index contributed by atoms with van der Waals surface area (Å²) in [5.41, 5.74) is 0.532. The molecule has 2 saturated carbocycles. The maximum Gasteiger partial charge on any atom is 0.253 e. The first-order chi connectivity index (χ1) is 11.1. The summed E-state index contributed by atoms with van der Waals surface area (Å²) >= 11 is 12.1. The molecule has 4 heteroatoms. The van der Waals surface area contributed by atoms with Gasteiger partial charge in [-0.25, -0.2) is 0 Å². The second kappa shape index (κ2) is 7.90. The lowest BCUT2D eigenvalue weighted by atomic mass is 9.71. The van der Waals surface area contributed by atoms with Crippen LogP contribution in [0.25, 0.3) is 0 Å². The number of hydrogen-bond donors (Lipinski definition) is 1. The molecule has 2 fully saturated rings. The number of rotatable bonds is 3. The fraction of sp³-hybridized carbons (Fsp3) is 0.632. The monoisotopic (exact) mass is 353 g/mol. The van der Waals surface area contributed by atoms with Crippen molar-refractivity contribution in [3.8, 4) is 0 Å². The summed E-state index contributed by atoms with van der Waals surface area (Å²) in [7, 11) is 0. The SMILES string of the molecule is O=C(NC1CCCCC1C1CCCCC1)c1ccc(Cl)cc1Cl. The smallest absolute Gasteiger partial charge is 0.253 e. The highest BCUT2D eigenvalue weighted by molar-refractivity contribution is 6.36. The molecular formula is C19H25Cl2NO. The van der Waals surface area contributed by atoms with E-state index in [9.17, 15) is 4.79 Å². The number of nitrogens with one attached hydrogen (secondary N) is 1. The fourth-order valence-electron chi connectivity index (χ4n) is 4.39. The number of amides is 1. The third-order valence-corrected chi connectivity index (χ3v) is 6.11. The van der Waals surface area contributed by atoms with Crippen LogP contribution >= 0.6 is 23.2 Å². The zero-order chi connectivity index (χ0) is 16.2. The Morgan fingerprint density at radius 3 is 2.39 bits per heavy atom. The first-order valence-electron chi connectivity index (χ1n) is 8.91. The molecule has 2 nitrogen and oxygen atoms in total. The Kier molecular flexibility index (Phi) is 5.87. The van der Waals surface area contributed by atoms with Gasteiger partial charge in [0, 0.05) is 11.1 Å². The highest BCUT2D eigenvalue weighted by Crippen LogP contribution is 2.38. The van der Waals surface area contributed by atoms with E-state index in [0.29, 0.717) is 27.6 Å². The fourth-order valence-corrected chi connectivity index (χ4v) is 4.88. The Morgan fingerprint density at radius 1 is 0.957 bits per heavy atom. The van der Waals surface area contributed by atoms with E-state index in [-0.39, 0.29) is 5.91 Å². The van der Waals surface area contributed by atoms with Gasteiger partial charge in [0.1, 0.15) is 0 Å². The number of hydrogen-bond acceptors (Lipinski definition) is 1. The predicted octanol–water partition coefficient (Wildman–Crippen LogP) is 5.86. The number of carbonyl (C=O) groups is 1. The normalized spacial score (nSPS) is 26.0. The maximum atomic E-state index is 12.6. The molecule has 126 valence electrons. The van der Waals surface area contributed by atoms with Crippen molar-refractivity contribution in [1.29, 1.82) is 0 Å². The molecule has 1 N–H and O–H groups in total. The van der Waals surface area contributed by atoms with Crippen molar-refractivity contribution in [1.82, 2.24) is 5.32 Å². The zero-order valence-electron chi connectivity index (χ0n) is 13.5. The molecule has 23 heavy (non-hydrogen) atoms. The van der Waals surface area contributed by atoms with Gasteiger partial charge in [-0.15, -0.1) is 0 Å². The molecular weight excluding hydrogens is 329 g/mol. The van der Waals surface area contributed by atoms with Gasteiger partial charge >= 0.3 is 0 Å². The Balaban J connectivity index is 1.69. The van der Waals surface area contributed by atoms with Gasteiger partial charge in [-0.05, 0) is 42.9 Å². The topological polar surface area (TPSA) is 29.1 Å². The molecule has 1 aromatic carbocycles. The Morgan fingerprint density at radius 2 is 1.65 bits per heavy atom. The second-order valence-corrected chi connectivity index (χ2v) is 7.89. The molecule has 0 aliphatic heterocycles. The largest absolute Gasteiger partial charge is 0.349 e. The molecule has 0 saturated heterocycles. The van der Waals surface area contributed by atoms with Crippen LogP contribution in [-0.4, -0.2) is 11.9 Å². The van der Waals surface area contributed by atoms with Crippen LogP contribution in [0, 0.1) is 11.8 Å². The standard InChI is InChI=1S/C19H25Cl2NO/c20-14-10-11-16(17(21)12-14)19(23)22-18-9-5-4-8-15(18)13-6-2-1-3-7-13/h10-13,15,18H,1-9H2,(H,22,23). The molecule has 0 aromatic heterocycles. The molecule has 2 atom stereocenters. The minimum absolute atomic E-state index is 0.0561. The lowest BCUT2D eigenvalue weighted by Gasteiger charge is -2.39. The van der Waals surface area contributed by atoms with E-state index in [1.165, 1.54) is 51.4 Å². The lowest BCUT2D eigenvalue weighted by Crippen LogP contribution is -2.45. The van der Waals surface area contributed by atoms with Crippen LogP contribution in [0.3, 0.4) is 0 Å². The van der Waals surface area contributed by atoms with E-state index in [2.05, 4.69) is 5.32 Å². The summed E-state index contributed by atoms with van der Waals surface area (Å²) in [6, 6.07) is 5.38. The van der Waals surface area contributed by atoms with E-state index in [0.717, 1.165) is 12.3 Å². The number of benzene rings is 1. The summed E-state index contributed by atoms with van der Waals surface area (Å²) in [5.74, 6) is 1.37. The van der Waals surface area contributed by atoms with E-state index in [1.54, 1.807) is 18.2 Å². The van der Waals surface area contributed by atoms with Gasteiger partial charge < -0.3 is 5.32 Å². The van der Waals surface area contributed by atoms with Crippen molar-refractivity contribution in [3.05, 3.63) is 33.8 Å². The predicted molar refractivity (Wildman–Crippen MR) is 96.2 cm³/mol. The maximum absolute atomic E-state index is 12.6. The van der Waals surface area contributed by atoms with Crippen molar-refractivity contribution in [2.75, 3.05) is 0 Å². The van der Waals surface area contributed by atoms with E-state index < -0.39 is 0 Å². The third kappa shape index (κ3) is 4.22. The average molecular weight is 354 g/mol. The van der Waals surface area contributed by atoms with Crippen LogP contribution < -0.4 is 5.32 Å². The molecule has 0 radical (unpaired) electrons. The van der Waals surface area contributed by atoms with Gasteiger partial charge in [0.25, 0.3) is 5.91 Å². The summed E-state index contributed by atoms with van der Waals surface area (Å²) in [6.07, 6.45) is 11.6. The number of carbonyl (C=O) groups excluding carboxylic acids is 1. The lowest BCUT2D eigenvalue weighted by molar-refractivity contribution is 0.0859. The van der Waals surface area contributed by atoms with Gasteiger partial charge in [-0.1, -0.05) is 68.1 Å². The van der Waals surface area contributed by atoms with Crippen molar-refractivity contribution in [3.63, 3.8) is 0 Å². The van der Waals surface area contributed by atoms with Gasteiger partial charge in [-0.2, -0.15) is 0 Å². The van der Waals surface area contributed by atoms with Crippen LogP contribution in [0.15, 0.2) is 18.2 Å². The summed E-state index contributed by atoms with van der Waals surface area (Å²) in [5, 5.41) is 4.27.